The Kier molecular flexibility index (Phi) is 6.00. The monoisotopic (exact) mass is 464 g/mol. The third-order valence-electron chi connectivity index (χ3n) is 5.51. The Morgan fingerprint density at radius 2 is 1.97 bits per heavy atom. The van der Waals surface area contributed by atoms with Crippen molar-refractivity contribution in [3.8, 4) is 11.5 Å². The van der Waals surface area contributed by atoms with Crippen molar-refractivity contribution in [3.05, 3.63) is 53.4 Å². The fraction of sp³-hybridized carbons (Fsp3) is 0.381. The maximum atomic E-state index is 13.9. The maximum absolute atomic E-state index is 13.9. The average Bonchev–Trinajstić information content (AvgIpc) is 3.21. The van der Waals surface area contributed by atoms with E-state index in [0.29, 0.717) is 37.6 Å². The molecule has 2 atom stereocenters. The second-order valence-electron chi connectivity index (χ2n) is 7.76. The molecule has 0 saturated carbocycles. The van der Waals surface area contributed by atoms with Crippen molar-refractivity contribution >= 4 is 11.9 Å². The number of amides is 1. The number of alkyl halides is 3. The van der Waals surface area contributed by atoms with E-state index in [-0.39, 0.29) is 41.0 Å². The first-order chi connectivity index (χ1) is 15.6. The molecule has 0 radical (unpaired) electrons. The van der Waals surface area contributed by atoms with Crippen molar-refractivity contribution in [3.63, 3.8) is 0 Å². The molecule has 1 aliphatic rings. The summed E-state index contributed by atoms with van der Waals surface area (Å²) in [7, 11) is 0. The second-order valence-corrected chi connectivity index (χ2v) is 7.76. The van der Waals surface area contributed by atoms with Crippen molar-refractivity contribution in [2.75, 3.05) is 11.9 Å². The summed E-state index contributed by atoms with van der Waals surface area (Å²) in [6.07, 6.45) is -1.80. The van der Waals surface area contributed by atoms with E-state index in [0.717, 1.165) is 0 Å². The SMILES string of the molecule is Cc1noc(-c2cc(F)ccc2C(=O)N2CCC[C@@H](Nc3ncc(C(F)(F)F)cn3)[C@@H]2C)n1. The molecule has 8 nitrogen and oxygen atoms in total. The molecule has 1 aromatic carbocycles. The van der Waals surface area contributed by atoms with Crippen LogP contribution in [0.25, 0.3) is 11.5 Å². The molecule has 3 aromatic rings. The Hall–Kier alpha value is -3.57. The van der Waals surface area contributed by atoms with Crippen molar-refractivity contribution in [2.45, 2.75) is 44.9 Å². The molecule has 33 heavy (non-hydrogen) atoms. The Morgan fingerprint density at radius 3 is 2.61 bits per heavy atom. The van der Waals surface area contributed by atoms with Crippen LogP contribution in [0.4, 0.5) is 23.5 Å². The first-order valence-electron chi connectivity index (χ1n) is 10.2. The van der Waals surface area contributed by atoms with Crippen molar-refractivity contribution in [1.82, 2.24) is 25.0 Å². The molecule has 1 aliphatic heterocycles. The van der Waals surface area contributed by atoms with Gasteiger partial charge < -0.3 is 14.7 Å². The lowest BCUT2D eigenvalue weighted by atomic mass is 9.95. The number of carbonyl (C=O) groups excluding carboxylic acids is 1. The molecule has 0 bridgehead atoms. The van der Waals surface area contributed by atoms with Gasteiger partial charge in [-0.15, -0.1) is 0 Å². The van der Waals surface area contributed by atoms with Gasteiger partial charge in [0.1, 0.15) is 5.82 Å². The first kappa shape index (κ1) is 22.6. The zero-order valence-corrected chi connectivity index (χ0v) is 17.7. The number of rotatable bonds is 4. The molecule has 1 saturated heterocycles. The van der Waals surface area contributed by atoms with Gasteiger partial charge in [0.25, 0.3) is 11.8 Å². The number of anilines is 1. The van der Waals surface area contributed by atoms with Gasteiger partial charge in [0.2, 0.25) is 5.95 Å². The number of nitrogens with zero attached hydrogens (tertiary/aromatic N) is 5. The summed E-state index contributed by atoms with van der Waals surface area (Å²) < 4.78 is 57.3. The molecule has 0 spiro atoms. The number of hydrogen-bond acceptors (Lipinski definition) is 7. The smallest absolute Gasteiger partial charge is 0.349 e. The predicted octanol–water partition coefficient (Wildman–Crippen LogP) is 4.10. The van der Waals surface area contributed by atoms with E-state index in [1.165, 1.54) is 18.2 Å². The Morgan fingerprint density at radius 1 is 1.24 bits per heavy atom. The number of benzene rings is 1. The number of nitrogens with one attached hydrogen (secondary N) is 1. The molecule has 2 aromatic heterocycles. The molecule has 4 rings (SSSR count). The molecule has 0 unspecified atom stereocenters. The zero-order chi connectivity index (χ0) is 23.8. The van der Waals surface area contributed by atoms with Gasteiger partial charge in [-0.1, -0.05) is 5.16 Å². The topological polar surface area (TPSA) is 97.0 Å². The van der Waals surface area contributed by atoms with Gasteiger partial charge in [-0.25, -0.2) is 14.4 Å². The first-order valence-corrected chi connectivity index (χ1v) is 10.2. The van der Waals surface area contributed by atoms with E-state index in [1.54, 1.807) is 11.8 Å². The minimum atomic E-state index is -4.52. The van der Waals surface area contributed by atoms with Crippen LogP contribution >= 0.6 is 0 Å². The van der Waals surface area contributed by atoms with E-state index in [4.69, 9.17) is 4.52 Å². The number of piperidine rings is 1. The fourth-order valence-electron chi connectivity index (χ4n) is 3.78. The highest BCUT2D eigenvalue weighted by Gasteiger charge is 2.34. The number of aryl methyl sites for hydroxylation is 1. The van der Waals surface area contributed by atoms with Gasteiger partial charge in [0.15, 0.2) is 5.82 Å². The zero-order valence-electron chi connectivity index (χ0n) is 17.7. The molecule has 174 valence electrons. The highest BCUT2D eigenvalue weighted by molar-refractivity contribution is 6.00. The summed E-state index contributed by atoms with van der Waals surface area (Å²) in [4.78, 5) is 26.6. The highest BCUT2D eigenvalue weighted by atomic mass is 19.4. The van der Waals surface area contributed by atoms with Crippen molar-refractivity contribution in [2.24, 2.45) is 0 Å². The van der Waals surface area contributed by atoms with Crippen LogP contribution in [-0.2, 0) is 6.18 Å². The van der Waals surface area contributed by atoms with Crippen LogP contribution in [0.5, 0.6) is 0 Å². The third kappa shape index (κ3) is 4.78. The van der Waals surface area contributed by atoms with Crippen LogP contribution in [0.2, 0.25) is 0 Å². The summed E-state index contributed by atoms with van der Waals surface area (Å²) in [5.74, 6) is -0.484. The van der Waals surface area contributed by atoms with Gasteiger partial charge in [-0.3, -0.25) is 4.79 Å². The largest absolute Gasteiger partial charge is 0.419 e. The number of halogens is 4. The van der Waals surface area contributed by atoms with Crippen molar-refractivity contribution in [1.29, 1.82) is 0 Å². The van der Waals surface area contributed by atoms with Crippen LogP contribution in [0, 0.1) is 12.7 Å². The third-order valence-corrected chi connectivity index (χ3v) is 5.51. The van der Waals surface area contributed by atoms with Gasteiger partial charge in [0.05, 0.1) is 16.7 Å². The minimum Gasteiger partial charge on any atom is -0.349 e. The van der Waals surface area contributed by atoms with Gasteiger partial charge >= 0.3 is 6.18 Å². The van der Waals surface area contributed by atoms with E-state index in [1.807, 2.05) is 6.92 Å². The normalized spacial score (nSPS) is 18.9. The fourth-order valence-corrected chi connectivity index (χ4v) is 3.78. The predicted molar refractivity (Wildman–Crippen MR) is 109 cm³/mol. The summed E-state index contributed by atoms with van der Waals surface area (Å²) in [5, 5.41) is 6.72. The molecular formula is C21H20F4N6O2. The molecular weight excluding hydrogens is 444 g/mol. The molecule has 12 heteroatoms. The molecule has 1 N–H and O–H groups in total. The number of hydrogen-bond donors (Lipinski definition) is 1. The number of aromatic nitrogens is 4. The second kappa shape index (κ2) is 8.75. The summed E-state index contributed by atoms with van der Waals surface area (Å²) in [5.41, 5.74) is -0.547. The Balaban J connectivity index is 1.55. The van der Waals surface area contributed by atoms with E-state index < -0.39 is 17.6 Å². The van der Waals surface area contributed by atoms with Gasteiger partial charge in [-0.2, -0.15) is 18.2 Å². The lowest BCUT2D eigenvalue weighted by molar-refractivity contribution is -0.138. The molecule has 3 heterocycles. The standard InChI is InChI=1S/C21H20F4N6O2/c1-11-17(29-20-26-9-13(10-27-20)21(23,24)25)4-3-7-31(11)19(32)15-6-5-14(22)8-16(15)18-28-12(2)30-33-18/h5-6,8-11,17H,3-4,7H2,1-2H3,(H,26,27,29)/t11-,17+/m0/s1. The van der Waals surface area contributed by atoms with Gasteiger partial charge in [0, 0.05) is 31.0 Å². The molecule has 1 fully saturated rings. The summed E-state index contributed by atoms with van der Waals surface area (Å²) >= 11 is 0. The number of carbonyl (C=O) groups is 1. The lowest BCUT2D eigenvalue weighted by Gasteiger charge is -2.40. The van der Waals surface area contributed by atoms with Crippen LogP contribution in [0.15, 0.2) is 35.1 Å². The quantitative estimate of drug-likeness (QED) is 0.581. The number of likely N-dealkylation sites (tertiary alicyclic amines) is 1. The maximum Gasteiger partial charge on any atom is 0.419 e. The minimum absolute atomic E-state index is 0.0350. The Labute approximate surface area is 186 Å². The van der Waals surface area contributed by atoms with Crippen LogP contribution in [0.1, 0.15) is 41.5 Å². The summed E-state index contributed by atoms with van der Waals surface area (Å²) in [6, 6.07) is 3.07. The highest BCUT2D eigenvalue weighted by Crippen LogP contribution is 2.30. The average molecular weight is 464 g/mol. The van der Waals surface area contributed by atoms with Gasteiger partial charge in [-0.05, 0) is 44.9 Å². The molecule has 1 amide bonds. The van der Waals surface area contributed by atoms with Crippen molar-refractivity contribution < 1.29 is 26.9 Å². The Bertz CT molecular complexity index is 1150. The van der Waals surface area contributed by atoms with Crippen LogP contribution < -0.4 is 5.32 Å². The van der Waals surface area contributed by atoms with E-state index >= 15 is 0 Å². The van der Waals surface area contributed by atoms with Crippen LogP contribution in [-0.4, -0.2) is 49.5 Å². The molecule has 0 aliphatic carbocycles. The summed E-state index contributed by atoms with van der Waals surface area (Å²) in [6.45, 7) is 3.88. The van der Waals surface area contributed by atoms with Crippen LogP contribution in [0.3, 0.4) is 0 Å². The van der Waals surface area contributed by atoms with E-state index in [9.17, 15) is 22.4 Å². The van der Waals surface area contributed by atoms with E-state index in [2.05, 4.69) is 25.4 Å². The lowest BCUT2D eigenvalue weighted by Crippen LogP contribution is -2.52.